The monoisotopic (exact) mass is 411 g/mol. The molecule has 0 aromatic carbocycles. The van der Waals surface area contributed by atoms with E-state index in [2.05, 4.69) is 10.3 Å². The zero-order chi connectivity index (χ0) is 19.8. The molecule has 2 aliphatic rings. The van der Waals surface area contributed by atoms with E-state index < -0.39 is 0 Å². The number of aromatic nitrogens is 3. The number of hydrogen-bond donors (Lipinski definition) is 0. The van der Waals surface area contributed by atoms with Crippen LogP contribution < -0.4 is 0 Å². The molecule has 8 nitrogen and oxygen atoms in total. The van der Waals surface area contributed by atoms with Gasteiger partial charge in [0.15, 0.2) is 11.5 Å². The van der Waals surface area contributed by atoms with Crippen molar-refractivity contribution in [3.63, 3.8) is 0 Å². The van der Waals surface area contributed by atoms with Gasteiger partial charge in [0.25, 0.3) is 11.8 Å². The van der Waals surface area contributed by atoms with E-state index in [1.54, 1.807) is 17.2 Å². The number of thiophene rings is 1. The number of rotatable bonds is 3. The summed E-state index contributed by atoms with van der Waals surface area (Å²) < 4.78 is 7.27. The molecule has 0 radical (unpaired) electrons. The van der Waals surface area contributed by atoms with Crippen molar-refractivity contribution in [3.8, 4) is 10.6 Å². The lowest BCUT2D eigenvalue weighted by molar-refractivity contribution is 0.0529. The second-order valence-electron chi connectivity index (χ2n) is 7.32. The van der Waals surface area contributed by atoms with Crippen molar-refractivity contribution in [1.29, 1.82) is 0 Å². The van der Waals surface area contributed by atoms with E-state index in [1.807, 2.05) is 27.1 Å². The highest BCUT2D eigenvalue weighted by atomic mass is 32.1. The number of aryl methyl sites for hydroxylation is 1. The van der Waals surface area contributed by atoms with Crippen molar-refractivity contribution >= 4 is 23.2 Å². The standard InChI is InChI=1S/C20H21N5O3S/c26-19(14-13-21-25-6-2-1-4-16(14)25)23-7-9-24(10-8-23)20(27)15-12-17(28-22-15)18-5-3-11-29-18/h3,5,11-13H,1-2,4,6-10H2. The van der Waals surface area contributed by atoms with Gasteiger partial charge in [-0.2, -0.15) is 5.10 Å². The average molecular weight is 411 g/mol. The predicted molar refractivity (Wildman–Crippen MR) is 107 cm³/mol. The van der Waals surface area contributed by atoms with Gasteiger partial charge in [-0.15, -0.1) is 11.3 Å². The van der Waals surface area contributed by atoms with Crippen LogP contribution >= 0.6 is 11.3 Å². The summed E-state index contributed by atoms with van der Waals surface area (Å²) in [6.07, 6.45) is 4.80. The Balaban J connectivity index is 1.23. The van der Waals surface area contributed by atoms with Gasteiger partial charge in [0.2, 0.25) is 0 Å². The van der Waals surface area contributed by atoms with Crippen LogP contribution in [0, 0.1) is 0 Å². The molecule has 2 amide bonds. The van der Waals surface area contributed by atoms with Gasteiger partial charge in [0, 0.05) is 38.8 Å². The number of nitrogens with zero attached hydrogens (tertiary/aromatic N) is 5. The number of hydrogen-bond acceptors (Lipinski definition) is 6. The fourth-order valence-corrected chi connectivity index (χ4v) is 4.63. The highest BCUT2D eigenvalue weighted by Crippen LogP contribution is 2.26. The number of piperazine rings is 1. The third-order valence-electron chi connectivity index (χ3n) is 5.56. The maximum Gasteiger partial charge on any atom is 0.276 e. The van der Waals surface area contributed by atoms with Crippen molar-refractivity contribution in [2.75, 3.05) is 26.2 Å². The minimum atomic E-state index is -0.161. The Morgan fingerprint density at radius 1 is 1.03 bits per heavy atom. The van der Waals surface area contributed by atoms with Gasteiger partial charge in [-0.1, -0.05) is 11.2 Å². The van der Waals surface area contributed by atoms with E-state index in [9.17, 15) is 9.59 Å². The average Bonchev–Trinajstić information content (AvgIpc) is 3.53. The smallest absolute Gasteiger partial charge is 0.276 e. The molecule has 3 aromatic heterocycles. The Labute approximate surface area is 171 Å². The molecule has 1 saturated heterocycles. The molecular formula is C20H21N5O3S. The first kappa shape index (κ1) is 18.1. The van der Waals surface area contributed by atoms with Crippen LogP contribution in [0.1, 0.15) is 39.4 Å². The quantitative estimate of drug-likeness (QED) is 0.661. The number of carbonyl (C=O) groups excluding carboxylic acids is 2. The molecule has 0 aliphatic carbocycles. The fraction of sp³-hybridized carbons (Fsp3) is 0.400. The molecule has 2 aliphatic heterocycles. The first-order chi connectivity index (χ1) is 14.2. The molecule has 0 N–H and O–H groups in total. The van der Waals surface area contributed by atoms with Gasteiger partial charge >= 0.3 is 0 Å². The molecule has 5 heterocycles. The Bertz CT molecular complexity index is 1030. The Morgan fingerprint density at radius 2 is 1.83 bits per heavy atom. The van der Waals surface area contributed by atoms with Crippen LogP contribution in [0.15, 0.2) is 34.3 Å². The van der Waals surface area contributed by atoms with Crippen molar-refractivity contribution in [2.24, 2.45) is 0 Å². The van der Waals surface area contributed by atoms with Gasteiger partial charge in [-0.25, -0.2) is 0 Å². The normalized spacial score (nSPS) is 16.7. The van der Waals surface area contributed by atoms with Gasteiger partial charge in [0.1, 0.15) is 0 Å². The van der Waals surface area contributed by atoms with Crippen molar-refractivity contribution in [1.82, 2.24) is 24.7 Å². The SMILES string of the molecule is O=C(c1cc(-c2cccs2)on1)N1CCN(C(=O)c2cnn3c2CCCC3)CC1. The van der Waals surface area contributed by atoms with E-state index in [0.717, 1.165) is 36.4 Å². The Morgan fingerprint density at radius 3 is 2.59 bits per heavy atom. The van der Waals surface area contributed by atoms with Crippen LogP contribution in [-0.2, 0) is 13.0 Å². The summed E-state index contributed by atoms with van der Waals surface area (Å²) in [5, 5.41) is 10.3. The second-order valence-corrected chi connectivity index (χ2v) is 8.27. The lowest BCUT2D eigenvalue weighted by Crippen LogP contribution is -2.50. The molecule has 5 rings (SSSR count). The molecule has 0 bridgehead atoms. The van der Waals surface area contributed by atoms with Gasteiger partial charge in [0.05, 0.1) is 22.3 Å². The van der Waals surface area contributed by atoms with Crippen LogP contribution in [0.5, 0.6) is 0 Å². The van der Waals surface area contributed by atoms with Crippen molar-refractivity contribution in [3.05, 3.63) is 46.7 Å². The molecule has 0 spiro atoms. The van der Waals surface area contributed by atoms with E-state index in [4.69, 9.17) is 4.52 Å². The van der Waals surface area contributed by atoms with Gasteiger partial charge in [-0.05, 0) is 30.7 Å². The Kier molecular flexibility index (Phi) is 4.67. The van der Waals surface area contributed by atoms with E-state index in [-0.39, 0.29) is 11.8 Å². The molecule has 0 unspecified atom stereocenters. The van der Waals surface area contributed by atoms with Crippen LogP contribution in [0.4, 0.5) is 0 Å². The van der Waals surface area contributed by atoms with Crippen LogP contribution in [0.2, 0.25) is 0 Å². The highest BCUT2D eigenvalue weighted by Gasteiger charge is 2.29. The number of fused-ring (bicyclic) bond motifs is 1. The summed E-state index contributed by atoms with van der Waals surface area (Å²) in [6, 6.07) is 5.54. The highest BCUT2D eigenvalue weighted by molar-refractivity contribution is 7.13. The lowest BCUT2D eigenvalue weighted by atomic mass is 10.1. The summed E-state index contributed by atoms with van der Waals surface area (Å²) in [4.78, 5) is 30.2. The van der Waals surface area contributed by atoms with Crippen molar-refractivity contribution < 1.29 is 14.1 Å². The second kappa shape index (κ2) is 7.47. The Hall–Kier alpha value is -2.94. The molecule has 0 saturated carbocycles. The fourth-order valence-electron chi connectivity index (χ4n) is 3.96. The topological polar surface area (TPSA) is 84.5 Å². The first-order valence-corrected chi connectivity index (χ1v) is 10.7. The summed E-state index contributed by atoms with van der Waals surface area (Å²) in [6.45, 7) is 2.86. The maximum atomic E-state index is 13.0. The summed E-state index contributed by atoms with van der Waals surface area (Å²) in [5.74, 6) is 0.455. The summed E-state index contributed by atoms with van der Waals surface area (Å²) in [7, 11) is 0. The maximum absolute atomic E-state index is 13.0. The molecule has 150 valence electrons. The third-order valence-corrected chi connectivity index (χ3v) is 6.44. The molecule has 1 fully saturated rings. The van der Waals surface area contributed by atoms with Crippen LogP contribution in [0.25, 0.3) is 10.6 Å². The summed E-state index contributed by atoms with van der Waals surface area (Å²) >= 11 is 1.54. The van der Waals surface area contributed by atoms with Crippen LogP contribution in [0.3, 0.4) is 0 Å². The molecule has 29 heavy (non-hydrogen) atoms. The molecule has 0 atom stereocenters. The van der Waals surface area contributed by atoms with E-state index >= 15 is 0 Å². The summed E-state index contributed by atoms with van der Waals surface area (Å²) in [5.41, 5.74) is 2.06. The predicted octanol–water partition coefficient (Wildman–Crippen LogP) is 2.53. The van der Waals surface area contributed by atoms with E-state index in [1.165, 1.54) is 11.3 Å². The molecule has 3 aromatic rings. The minimum Gasteiger partial charge on any atom is -0.355 e. The first-order valence-electron chi connectivity index (χ1n) is 9.84. The number of amides is 2. The molecular weight excluding hydrogens is 390 g/mol. The number of carbonyl (C=O) groups is 2. The minimum absolute atomic E-state index is 0.0154. The lowest BCUT2D eigenvalue weighted by Gasteiger charge is -2.34. The van der Waals surface area contributed by atoms with Gasteiger partial charge in [-0.3, -0.25) is 14.3 Å². The third kappa shape index (κ3) is 3.35. The largest absolute Gasteiger partial charge is 0.355 e. The van der Waals surface area contributed by atoms with Gasteiger partial charge < -0.3 is 14.3 Å². The zero-order valence-corrected chi connectivity index (χ0v) is 16.7. The van der Waals surface area contributed by atoms with E-state index in [0.29, 0.717) is 43.2 Å². The van der Waals surface area contributed by atoms with Crippen molar-refractivity contribution in [2.45, 2.75) is 25.8 Å². The zero-order valence-electron chi connectivity index (χ0n) is 15.9. The molecule has 9 heteroatoms. The van der Waals surface area contributed by atoms with Crippen LogP contribution in [-0.4, -0.2) is 62.7 Å².